The van der Waals surface area contributed by atoms with E-state index >= 15 is 0 Å². The topological polar surface area (TPSA) is 38.5 Å². The lowest BCUT2D eigenvalue weighted by atomic mass is 9.96. The van der Waals surface area contributed by atoms with Crippen LogP contribution in [0.2, 0.25) is 0 Å². The highest BCUT2D eigenvalue weighted by Crippen LogP contribution is 2.27. The van der Waals surface area contributed by atoms with E-state index in [4.69, 9.17) is 10.5 Å². The molecular weight excluding hydrogens is 248 g/mol. The van der Waals surface area contributed by atoms with E-state index in [-0.39, 0.29) is 12.1 Å². The Kier molecular flexibility index (Phi) is 7.63. The minimum Gasteiger partial charge on any atom is -0.497 e. The first-order valence-electron chi connectivity index (χ1n) is 7.73. The van der Waals surface area contributed by atoms with Gasteiger partial charge in [0.1, 0.15) is 5.75 Å². The molecule has 0 radical (unpaired) electrons. The van der Waals surface area contributed by atoms with Gasteiger partial charge in [-0.15, -0.1) is 0 Å². The summed E-state index contributed by atoms with van der Waals surface area (Å²) in [4.78, 5) is 2.39. The van der Waals surface area contributed by atoms with Crippen molar-refractivity contribution in [3.63, 3.8) is 0 Å². The number of ether oxygens (including phenoxy) is 1. The lowest BCUT2D eigenvalue weighted by Crippen LogP contribution is -2.39. The van der Waals surface area contributed by atoms with Gasteiger partial charge in [-0.2, -0.15) is 0 Å². The maximum absolute atomic E-state index is 6.36. The van der Waals surface area contributed by atoms with Crippen molar-refractivity contribution in [2.45, 2.75) is 51.6 Å². The largest absolute Gasteiger partial charge is 0.497 e. The molecule has 2 atom stereocenters. The third-order valence-corrected chi connectivity index (χ3v) is 3.90. The van der Waals surface area contributed by atoms with Crippen LogP contribution in [0.25, 0.3) is 0 Å². The lowest BCUT2D eigenvalue weighted by molar-refractivity contribution is 0.205. The minimum absolute atomic E-state index is 0.147. The van der Waals surface area contributed by atoms with Gasteiger partial charge in [-0.25, -0.2) is 0 Å². The maximum atomic E-state index is 6.36. The highest BCUT2D eigenvalue weighted by molar-refractivity contribution is 5.31. The maximum Gasteiger partial charge on any atom is 0.119 e. The predicted molar refractivity (Wildman–Crippen MR) is 86.2 cm³/mol. The summed E-state index contributed by atoms with van der Waals surface area (Å²) < 4.78 is 5.34. The van der Waals surface area contributed by atoms with Crippen LogP contribution in [0.4, 0.5) is 0 Å². The van der Waals surface area contributed by atoms with Crippen molar-refractivity contribution < 1.29 is 4.74 Å². The molecule has 0 heterocycles. The van der Waals surface area contributed by atoms with Crippen LogP contribution in [0.15, 0.2) is 24.3 Å². The van der Waals surface area contributed by atoms with Crippen LogP contribution < -0.4 is 10.5 Å². The fourth-order valence-electron chi connectivity index (χ4n) is 2.63. The third-order valence-electron chi connectivity index (χ3n) is 3.90. The Labute approximate surface area is 124 Å². The zero-order valence-electron chi connectivity index (χ0n) is 13.4. The van der Waals surface area contributed by atoms with Crippen LogP contribution in [0.1, 0.15) is 51.1 Å². The van der Waals surface area contributed by atoms with Gasteiger partial charge in [0.25, 0.3) is 0 Å². The second-order valence-corrected chi connectivity index (χ2v) is 5.48. The summed E-state index contributed by atoms with van der Waals surface area (Å²) in [7, 11) is 3.88. The summed E-state index contributed by atoms with van der Waals surface area (Å²) in [5.74, 6) is 0.901. The highest BCUT2D eigenvalue weighted by Gasteiger charge is 2.23. The summed E-state index contributed by atoms with van der Waals surface area (Å²) in [5.41, 5.74) is 7.61. The molecule has 0 fully saturated rings. The molecule has 114 valence electrons. The zero-order chi connectivity index (χ0) is 15.0. The van der Waals surface area contributed by atoms with Gasteiger partial charge in [-0.1, -0.05) is 38.8 Å². The molecule has 0 aliphatic rings. The van der Waals surface area contributed by atoms with Gasteiger partial charge in [0.2, 0.25) is 0 Å². The van der Waals surface area contributed by atoms with Gasteiger partial charge in [-0.05, 0) is 44.1 Å². The monoisotopic (exact) mass is 278 g/mol. The first-order valence-corrected chi connectivity index (χ1v) is 7.73. The third kappa shape index (κ3) is 4.80. The van der Waals surface area contributed by atoms with Gasteiger partial charge in [0, 0.05) is 12.1 Å². The number of hydrogen-bond acceptors (Lipinski definition) is 3. The van der Waals surface area contributed by atoms with E-state index in [2.05, 4.69) is 37.9 Å². The summed E-state index contributed by atoms with van der Waals surface area (Å²) in [6, 6.07) is 8.69. The summed E-state index contributed by atoms with van der Waals surface area (Å²) in [5, 5.41) is 0. The first kappa shape index (κ1) is 17.0. The van der Waals surface area contributed by atoms with E-state index in [1.807, 2.05) is 12.1 Å². The minimum atomic E-state index is 0.147. The number of benzene rings is 1. The molecule has 1 aromatic carbocycles. The second-order valence-electron chi connectivity index (χ2n) is 5.48. The van der Waals surface area contributed by atoms with Crippen molar-refractivity contribution in [3.8, 4) is 5.75 Å². The summed E-state index contributed by atoms with van der Waals surface area (Å²) in [6.45, 7) is 5.47. The standard InChI is InChI=1S/C17H30N2O/c1-5-7-8-12-19(3)17(16(18)6-2)14-10-9-11-15(13-14)20-4/h9-11,13,16-17H,5-8,12,18H2,1-4H3. The Morgan fingerprint density at radius 3 is 2.60 bits per heavy atom. The molecule has 2 unspecified atom stereocenters. The Hall–Kier alpha value is -1.06. The molecule has 0 spiro atoms. The molecule has 1 aromatic rings. The number of methoxy groups -OCH3 is 1. The van der Waals surface area contributed by atoms with Crippen LogP contribution in [0, 0.1) is 0 Å². The molecule has 2 N–H and O–H groups in total. The lowest BCUT2D eigenvalue weighted by Gasteiger charge is -2.33. The van der Waals surface area contributed by atoms with Crippen molar-refractivity contribution >= 4 is 0 Å². The fourth-order valence-corrected chi connectivity index (χ4v) is 2.63. The van der Waals surface area contributed by atoms with E-state index in [0.717, 1.165) is 18.7 Å². The molecule has 0 amide bonds. The second kappa shape index (κ2) is 8.98. The smallest absolute Gasteiger partial charge is 0.119 e. The quantitative estimate of drug-likeness (QED) is 0.701. The summed E-state index contributed by atoms with van der Waals surface area (Å²) >= 11 is 0. The van der Waals surface area contributed by atoms with Gasteiger partial charge < -0.3 is 10.5 Å². The molecule has 0 bridgehead atoms. The Bertz CT molecular complexity index is 381. The van der Waals surface area contributed by atoms with Crippen LogP contribution in [-0.4, -0.2) is 31.6 Å². The molecule has 0 aliphatic carbocycles. The van der Waals surface area contributed by atoms with E-state index in [0.29, 0.717) is 0 Å². The Morgan fingerprint density at radius 2 is 2.00 bits per heavy atom. The zero-order valence-corrected chi connectivity index (χ0v) is 13.4. The van der Waals surface area contributed by atoms with Gasteiger partial charge in [-0.3, -0.25) is 4.90 Å². The molecular formula is C17H30N2O. The van der Waals surface area contributed by atoms with Crippen LogP contribution in [0.5, 0.6) is 5.75 Å². The molecule has 0 aromatic heterocycles. The van der Waals surface area contributed by atoms with Gasteiger partial charge in [0.15, 0.2) is 0 Å². The van der Waals surface area contributed by atoms with Gasteiger partial charge in [0.05, 0.1) is 7.11 Å². The molecule has 3 heteroatoms. The van der Waals surface area contributed by atoms with Crippen molar-refractivity contribution in [2.75, 3.05) is 20.7 Å². The molecule has 20 heavy (non-hydrogen) atoms. The predicted octanol–water partition coefficient (Wildman–Crippen LogP) is 3.60. The van der Waals surface area contributed by atoms with E-state index in [9.17, 15) is 0 Å². The molecule has 0 aliphatic heterocycles. The average molecular weight is 278 g/mol. The molecule has 1 rings (SSSR count). The number of unbranched alkanes of at least 4 members (excludes halogenated alkanes) is 2. The van der Waals surface area contributed by atoms with E-state index < -0.39 is 0 Å². The van der Waals surface area contributed by atoms with Crippen molar-refractivity contribution in [3.05, 3.63) is 29.8 Å². The summed E-state index contributed by atoms with van der Waals surface area (Å²) in [6.07, 6.45) is 4.72. The molecule has 3 nitrogen and oxygen atoms in total. The number of rotatable bonds is 9. The Morgan fingerprint density at radius 1 is 1.25 bits per heavy atom. The fraction of sp³-hybridized carbons (Fsp3) is 0.647. The highest BCUT2D eigenvalue weighted by atomic mass is 16.5. The SMILES string of the molecule is CCCCCN(C)C(c1cccc(OC)c1)C(N)CC. The van der Waals surface area contributed by atoms with Crippen molar-refractivity contribution in [2.24, 2.45) is 5.73 Å². The number of nitrogens with two attached hydrogens (primary N) is 1. The number of hydrogen-bond donors (Lipinski definition) is 1. The first-order chi connectivity index (χ1) is 9.63. The van der Waals surface area contributed by atoms with Crippen molar-refractivity contribution in [1.29, 1.82) is 0 Å². The van der Waals surface area contributed by atoms with E-state index in [1.165, 1.54) is 24.8 Å². The Balaban J connectivity index is 2.87. The molecule has 0 saturated carbocycles. The molecule has 0 saturated heterocycles. The van der Waals surface area contributed by atoms with Crippen molar-refractivity contribution in [1.82, 2.24) is 4.90 Å². The normalized spacial score (nSPS) is 14.3. The van der Waals surface area contributed by atoms with Crippen LogP contribution >= 0.6 is 0 Å². The van der Waals surface area contributed by atoms with Crippen LogP contribution in [0.3, 0.4) is 0 Å². The van der Waals surface area contributed by atoms with Gasteiger partial charge >= 0.3 is 0 Å². The van der Waals surface area contributed by atoms with E-state index in [1.54, 1.807) is 7.11 Å². The number of nitrogens with zero attached hydrogens (tertiary/aromatic N) is 1. The average Bonchev–Trinajstić information content (AvgIpc) is 2.47. The number of likely N-dealkylation sites (N-methyl/N-ethyl adjacent to an activating group) is 1. The van der Waals surface area contributed by atoms with Crippen LogP contribution in [-0.2, 0) is 0 Å².